The first-order valence-electron chi connectivity index (χ1n) is 11.4. The van der Waals surface area contributed by atoms with Gasteiger partial charge < -0.3 is 14.5 Å². The topological polar surface area (TPSA) is 110 Å². The summed E-state index contributed by atoms with van der Waals surface area (Å²) in [7, 11) is 4.00. The SMILES string of the molecule is CN(C)c1cccc(Cn2cc(COc3cccc4c3CN(C3CCC(=O)NC3=O)C4=O)nn2)c1. The van der Waals surface area contributed by atoms with Crippen molar-refractivity contribution in [3.63, 3.8) is 0 Å². The van der Waals surface area contributed by atoms with E-state index in [9.17, 15) is 14.4 Å². The lowest BCUT2D eigenvalue weighted by Gasteiger charge is -2.29. The summed E-state index contributed by atoms with van der Waals surface area (Å²) in [6.07, 6.45) is 2.38. The number of imide groups is 1. The number of carbonyl (C=O) groups is 3. The summed E-state index contributed by atoms with van der Waals surface area (Å²) in [5.74, 6) is -0.403. The molecule has 10 nitrogen and oxygen atoms in total. The average molecular weight is 475 g/mol. The van der Waals surface area contributed by atoms with Crippen LogP contribution in [0.4, 0.5) is 5.69 Å². The minimum Gasteiger partial charge on any atom is -0.487 e. The second-order valence-corrected chi connectivity index (χ2v) is 8.94. The van der Waals surface area contributed by atoms with Crippen LogP contribution in [0.25, 0.3) is 0 Å². The molecule has 0 aliphatic carbocycles. The van der Waals surface area contributed by atoms with Crippen molar-refractivity contribution in [1.82, 2.24) is 25.2 Å². The summed E-state index contributed by atoms with van der Waals surface area (Å²) >= 11 is 0. The molecule has 5 rings (SSSR count). The highest BCUT2D eigenvalue weighted by Gasteiger charge is 2.40. The number of anilines is 1. The fraction of sp³-hybridized carbons (Fsp3) is 0.320. The van der Waals surface area contributed by atoms with Crippen LogP contribution in [0, 0.1) is 0 Å². The molecule has 180 valence electrons. The Morgan fingerprint density at radius 3 is 2.77 bits per heavy atom. The third kappa shape index (κ3) is 4.59. The standard InChI is InChI=1S/C25H26N6O4/c1-29(2)18-6-3-5-16(11-18)12-30-13-17(27-28-30)15-35-22-8-4-7-19-20(22)14-31(25(19)34)21-9-10-23(32)26-24(21)33/h3-8,11,13,21H,9-10,12,14-15H2,1-2H3,(H,26,32,33). The average Bonchev–Trinajstić information content (AvgIpc) is 3.42. The number of carbonyl (C=O) groups excluding carboxylic acids is 3. The first-order chi connectivity index (χ1) is 16.9. The molecule has 1 N–H and O–H groups in total. The molecule has 2 aliphatic heterocycles. The molecule has 1 aromatic heterocycles. The number of hydrogen-bond acceptors (Lipinski definition) is 7. The maximum absolute atomic E-state index is 13.0. The van der Waals surface area contributed by atoms with E-state index >= 15 is 0 Å². The van der Waals surface area contributed by atoms with Crippen LogP contribution in [0.5, 0.6) is 5.75 Å². The van der Waals surface area contributed by atoms with Gasteiger partial charge in [0.05, 0.1) is 19.3 Å². The Kier molecular flexibility index (Phi) is 5.94. The number of rotatable bonds is 7. The Morgan fingerprint density at radius 1 is 1.14 bits per heavy atom. The lowest BCUT2D eigenvalue weighted by Crippen LogP contribution is -2.52. The van der Waals surface area contributed by atoms with Crippen molar-refractivity contribution in [1.29, 1.82) is 0 Å². The molecule has 2 aromatic carbocycles. The van der Waals surface area contributed by atoms with Crippen LogP contribution in [-0.2, 0) is 29.3 Å². The van der Waals surface area contributed by atoms with E-state index in [0.29, 0.717) is 30.0 Å². The van der Waals surface area contributed by atoms with Crippen LogP contribution in [0.1, 0.15) is 40.0 Å². The number of benzene rings is 2. The lowest BCUT2D eigenvalue weighted by atomic mass is 10.0. The van der Waals surface area contributed by atoms with E-state index in [1.54, 1.807) is 22.9 Å². The van der Waals surface area contributed by atoms with Crippen molar-refractivity contribution in [2.24, 2.45) is 0 Å². The molecule has 1 unspecified atom stereocenters. The predicted molar refractivity (Wildman–Crippen MR) is 127 cm³/mol. The molecule has 3 aromatic rings. The zero-order chi connectivity index (χ0) is 24.5. The molecule has 35 heavy (non-hydrogen) atoms. The van der Waals surface area contributed by atoms with Crippen molar-refractivity contribution >= 4 is 23.4 Å². The van der Waals surface area contributed by atoms with Crippen molar-refractivity contribution < 1.29 is 19.1 Å². The van der Waals surface area contributed by atoms with Gasteiger partial charge in [-0.1, -0.05) is 23.4 Å². The number of amides is 3. The molecule has 3 amide bonds. The molecule has 3 heterocycles. The Morgan fingerprint density at radius 2 is 1.97 bits per heavy atom. The molecule has 1 atom stereocenters. The van der Waals surface area contributed by atoms with Gasteiger partial charge >= 0.3 is 0 Å². The largest absolute Gasteiger partial charge is 0.487 e. The zero-order valence-electron chi connectivity index (χ0n) is 19.6. The molecule has 0 saturated carbocycles. The van der Waals surface area contributed by atoms with Crippen molar-refractivity contribution in [3.05, 3.63) is 71.0 Å². The minimum absolute atomic E-state index is 0.195. The smallest absolute Gasteiger partial charge is 0.255 e. The van der Waals surface area contributed by atoms with E-state index in [1.807, 2.05) is 32.4 Å². The highest BCUT2D eigenvalue weighted by atomic mass is 16.5. The molecule has 0 bridgehead atoms. The molecule has 1 fully saturated rings. The van der Waals surface area contributed by atoms with E-state index in [1.165, 1.54) is 4.90 Å². The Bertz CT molecular complexity index is 1300. The number of piperidine rings is 1. The number of hydrogen-bond donors (Lipinski definition) is 1. The highest BCUT2D eigenvalue weighted by Crippen LogP contribution is 2.33. The highest BCUT2D eigenvalue weighted by molar-refractivity contribution is 6.05. The van der Waals surface area contributed by atoms with Gasteiger partial charge in [-0.2, -0.15) is 0 Å². The Balaban J connectivity index is 1.25. The van der Waals surface area contributed by atoms with Crippen molar-refractivity contribution in [2.75, 3.05) is 19.0 Å². The normalized spacial score (nSPS) is 17.4. The predicted octanol–water partition coefficient (Wildman–Crippen LogP) is 1.73. The van der Waals surface area contributed by atoms with Crippen LogP contribution < -0.4 is 15.0 Å². The summed E-state index contributed by atoms with van der Waals surface area (Å²) in [4.78, 5) is 40.3. The van der Waals surface area contributed by atoms with E-state index < -0.39 is 11.9 Å². The van der Waals surface area contributed by atoms with Gasteiger partial charge in [0, 0.05) is 37.3 Å². The third-order valence-electron chi connectivity index (χ3n) is 6.27. The summed E-state index contributed by atoms with van der Waals surface area (Å²) in [6.45, 7) is 1.04. The van der Waals surface area contributed by atoms with Gasteiger partial charge in [0.25, 0.3) is 5.91 Å². The van der Waals surface area contributed by atoms with Crippen molar-refractivity contribution in [3.8, 4) is 5.75 Å². The second-order valence-electron chi connectivity index (χ2n) is 8.94. The number of nitrogens with one attached hydrogen (secondary N) is 1. The molecular formula is C25H26N6O4. The number of nitrogens with zero attached hydrogens (tertiary/aromatic N) is 5. The monoisotopic (exact) mass is 474 g/mol. The molecule has 1 saturated heterocycles. The van der Waals surface area contributed by atoms with Crippen LogP contribution in [0.3, 0.4) is 0 Å². The Hall–Kier alpha value is -4.21. The van der Waals surface area contributed by atoms with E-state index in [-0.39, 0.29) is 31.4 Å². The van der Waals surface area contributed by atoms with E-state index in [0.717, 1.165) is 16.8 Å². The maximum atomic E-state index is 13.0. The van der Waals surface area contributed by atoms with Crippen LogP contribution in [-0.4, -0.2) is 57.8 Å². The first-order valence-corrected chi connectivity index (χ1v) is 11.4. The number of aromatic nitrogens is 3. The summed E-state index contributed by atoms with van der Waals surface area (Å²) in [5, 5.41) is 10.7. The second kappa shape index (κ2) is 9.21. The van der Waals surface area contributed by atoms with Gasteiger partial charge in [0.15, 0.2) is 0 Å². The minimum atomic E-state index is -0.661. The first kappa shape index (κ1) is 22.6. The lowest BCUT2D eigenvalue weighted by molar-refractivity contribution is -0.136. The van der Waals surface area contributed by atoms with Crippen LogP contribution in [0.2, 0.25) is 0 Å². The van der Waals surface area contributed by atoms with Crippen LogP contribution in [0.15, 0.2) is 48.7 Å². The quantitative estimate of drug-likeness (QED) is 0.520. The molecular weight excluding hydrogens is 448 g/mol. The fourth-order valence-electron chi connectivity index (χ4n) is 4.45. The molecule has 0 radical (unpaired) electrons. The van der Waals surface area contributed by atoms with Gasteiger partial charge in [0.1, 0.15) is 24.1 Å². The molecule has 2 aliphatic rings. The third-order valence-corrected chi connectivity index (χ3v) is 6.27. The molecule has 0 spiro atoms. The summed E-state index contributed by atoms with van der Waals surface area (Å²) in [6, 6.07) is 12.8. The van der Waals surface area contributed by atoms with E-state index in [4.69, 9.17) is 4.74 Å². The number of fused-ring (bicyclic) bond motifs is 1. The summed E-state index contributed by atoms with van der Waals surface area (Å²) < 4.78 is 7.78. The van der Waals surface area contributed by atoms with Gasteiger partial charge in [-0.05, 0) is 36.2 Å². The van der Waals surface area contributed by atoms with Gasteiger partial charge in [-0.15, -0.1) is 5.10 Å². The summed E-state index contributed by atoms with van der Waals surface area (Å²) in [5.41, 5.74) is 4.14. The van der Waals surface area contributed by atoms with Crippen molar-refractivity contribution in [2.45, 2.75) is 38.6 Å². The van der Waals surface area contributed by atoms with Gasteiger partial charge in [-0.3, -0.25) is 19.7 Å². The zero-order valence-corrected chi connectivity index (χ0v) is 19.6. The van der Waals surface area contributed by atoms with Crippen LogP contribution >= 0.6 is 0 Å². The Labute approximate surface area is 202 Å². The van der Waals surface area contributed by atoms with Gasteiger partial charge in [-0.25, -0.2) is 4.68 Å². The van der Waals surface area contributed by atoms with E-state index in [2.05, 4.69) is 32.7 Å². The maximum Gasteiger partial charge on any atom is 0.255 e. The number of ether oxygens (including phenoxy) is 1. The van der Waals surface area contributed by atoms with Gasteiger partial charge in [0.2, 0.25) is 11.8 Å². The fourth-order valence-corrected chi connectivity index (χ4v) is 4.45. The molecule has 10 heteroatoms.